The van der Waals surface area contributed by atoms with E-state index in [2.05, 4.69) is 4.57 Å². The number of carbonyl (C=O) groups is 2. The Balaban J connectivity index is 1.36. The lowest BCUT2D eigenvalue weighted by molar-refractivity contribution is -0.137. The van der Waals surface area contributed by atoms with Crippen molar-refractivity contribution in [3.05, 3.63) is 89.2 Å². The number of carbonyl (C=O) groups excluding carboxylic acids is 2. The van der Waals surface area contributed by atoms with Gasteiger partial charge >= 0.3 is 0 Å². The summed E-state index contributed by atoms with van der Waals surface area (Å²) in [5.41, 5.74) is 2.68. The molecule has 0 N–H and O–H groups in total. The van der Waals surface area contributed by atoms with Crippen molar-refractivity contribution in [3.8, 4) is 16.9 Å². The first kappa shape index (κ1) is 26.2. The number of ether oxygens (including phenoxy) is 1. The Morgan fingerprint density at radius 1 is 0.846 bits per heavy atom. The third-order valence-electron chi connectivity index (χ3n) is 7.42. The van der Waals surface area contributed by atoms with E-state index in [4.69, 9.17) is 4.74 Å². The number of hydrogen-bond donors (Lipinski definition) is 0. The number of aryl methyl sites for hydroxylation is 1. The van der Waals surface area contributed by atoms with E-state index in [1.165, 1.54) is 0 Å². The molecule has 0 unspecified atom stereocenters. The zero-order chi connectivity index (χ0) is 27.7. The van der Waals surface area contributed by atoms with Crippen LogP contribution in [0.15, 0.2) is 83.8 Å². The van der Waals surface area contributed by atoms with E-state index >= 15 is 0 Å². The van der Waals surface area contributed by atoms with Crippen molar-refractivity contribution < 1.29 is 14.3 Å². The first-order valence-corrected chi connectivity index (χ1v) is 13.3. The molecule has 0 saturated heterocycles. The van der Waals surface area contributed by atoms with Gasteiger partial charge in [-0.2, -0.15) is 0 Å². The standard InChI is InChI=1S/C32H33N3O4/c1-5-35-27-17-16-23(20-28(27)33(4)30(37)32(2,3)31(35)38)39-19-11-18-34-21-25(22-12-7-6-8-13-22)29(36)24-14-9-10-15-26(24)34/h6-10,12-17,20-21H,5,11,18-19H2,1-4H3. The van der Waals surface area contributed by atoms with Gasteiger partial charge in [0.1, 0.15) is 11.2 Å². The number of benzene rings is 3. The highest BCUT2D eigenvalue weighted by molar-refractivity contribution is 6.20. The van der Waals surface area contributed by atoms with Gasteiger partial charge in [0.25, 0.3) is 0 Å². The lowest BCUT2D eigenvalue weighted by Crippen LogP contribution is -2.47. The van der Waals surface area contributed by atoms with Crippen molar-refractivity contribution in [1.29, 1.82) is 0 Å². The zero-order valence-electron chi connectivity index (χ0n) is 22.8. The summed E-state index contributed by atoms with van der Waals surface area (Å²) < 4.78 is 8.21. The molecule has 2 heterocycles. The van der Waals surface area contributed by atoms with Gasteiger partial charge in [-0.1, -0.05) is 42.5 Å². The van der Waals surface area contributed by atoms with Gasteiger partial charge in [-0.3, -0.25) is 14.4 Å². The van der Waals surface area contributed by atoms with E-state index in [1.54, 1.807) is 30.7 Å². The Hall–Kier alpha value is -4.39. The second kappa shape index (κ2) is 10.4. The van der Waals surface area contributed by atoms with Crippen molar-refractivity contribution >= 4 is 34.1 Å². The first-order chi connectivity index (χ1) is 18.7. The Morgan fingerprint density at radius 3 is 2.31 bits per heavy atom. The quantitative estimate of drug-likeness (QED) is 0.237. The number of anilines is 2. The van der Waals surface area contributed by atoms with Crippen LogP contribution in [0.25, 0.3) is 22.0 Å². The maximum Gasteiger partial charge on any atom is 0.242 e. The molecule has 1 aliphatic heterocycles. The third kappa shape index (κ3) is 4.69. The van der Waals surface area contributed by atoms with Crippen molar-refractivity contribution in [2.24, 2.45) is 5.41 Å². The fourth-order valence-corrected chi connectivity index (χ4v) is 5.25. The minimum Gasteiger partial charge on any atom is -0.493 e. The van der Waals surface area contributed by atoms with Crippen LogP contribution in [-0.4, -0.2) is 36.6 Å². The van der Waals surface area contributed by atoms with Gasteiger partial charge in [0, 0.05) is 43.4 Å². The molecule has 1 aromatic heterocycles. The van der Waals surface area contributed by atoms with Crippen LogP contribution < -0.4 is 20.0 Å². The van der Waals surface area contributed by atoms with E-state index in [0.717, 1.165) is 11.1 Å². The molecule has 0 radical (unpaired) electrons. The molecule has 0 bridgehead atoms. The van der Waals surface area contributed by atoms with Gasteiger partial charge in [0.05, 0.1) is 23.5 Å². The second-order valence-electron chi connectivity index (χ2n) is 10.3. The van der Waals surface area contributed by atoms with Crippen LogP contribution in [0.1, 0.15) is 27.2 Å². The molecule has 39 heavy (non-hydrogen) atoms. The fourth-order valence-electron chi connectivity index (χ4n) is 5.25. The number of rotatable bonds is 7. The molecule has 7 heteroatoms. The van der Waals surface area contributed by atoms with Crippen LogP contribution in [-0.2, 0) is 16.1 Å². The molecule has 0 fully saturated rings. The molecule has 0 aliphatic carbocycles. The van der Waals surface area contributed by atoms with Crippen LogP contribution in [0.4, 0.5) is 11.4 Å². The summed E-state index contributed by atoms with van der Waals surface area (Å²) in [4.78, 5) is 42.6. The van der Waals surface area contributed by atoms with E-state index < -0.39 is 5.41 Å². The Kier molecular flexibility index (Phi) is 7.00. The van der Waals surface area contributed by atoms with Crippen molar-refractivity contribution in [2.75, 3.05) is 30.0 Å². The van der Waals surface area contributed by atoms with Crippen molar-refractivity contribution in [2.45, 2.75) is 33.7 Å². The number of pyridine rings is 1. The summed E-state index contributed by atoms with van der Waals surface area (Å²) in [6.45, 7) is 6.82. The van der Waals surface area contributed by atoms with Gasteiger partial charge in [-0.25, -0.2) is 0 Å². The van der Waals surface area contributed by atoms with Gasteiger partial charge in [0.2, 0.25) is 11.8 Å². The third-order valence-corrected chi connectivity index (χ3v) is 7.42. The molecule has 0 spiro atoms. The van der Waals surface area contributed by atoms with Gasteiger partial charge < -0.3 is 19.1 Å². The van der Waals surface area contributed by atoms with E-state index in [1.807, 2.05) is 85.9 Å². The summed E-state index contributed by atoms with van der Waals surface area (Å²) in [6.07, 6.45) is 2.64. The minimum atomic E-state index is -1.15. The van der Waals surface area contributed by atoms with E-state index in [0.29, 0.717) is 54.2 Å². The van der Waals surface area contributed by atoms with Crippen LogP contribution >= 0.6 is 0 Å². The first-order valence-electron chi connectivity index (χ1n) is 13.3. The van der Waals surface area contributed by atoms with E-state index in [9.17, 15) is 14.4 Å². The maximum atomic E-state index is 13.2. The number of amides is 2. The summed E-state index contributed by atoms with van der Waals surface area (Å²) in [5, 5.41) is 0.691. The lowest BCUT2D eigenvalue weighted by Gasteiger charge is -2.27. The summed E-state index contributed by atoms with van der Waals surface area (Å²) in [6, 6.07) is 22.9. The highest BCUT2D eigenvalue weighted by Crippen LogP contribution is 2.40. The smallest absolute Gasteiger partial charge is 0.242 e. The Labute approximate surface area is 228 Å². The number of hydrogen-bond acceptors (Lipinski definition) is 4. The number of nitrogens with zero attached hydrogens (tertiary/aromatic N) is 3. The van der Waals surface area contributed by atoms with Crippen LogP contribution in [0.5, 0.6) is 5.75 Å². The normalized spacial score (nSPS) is 14.9. The summed E-state index contributed by atoms with van der Waals surface area (Å²) in [7, 11) is 1.70. The van der Waals surface area contributed by atoms with Crippen molar-refractivity contribution in [3.63, 3.8) is 0 Å². The lowest BCUT2D eigenvalue weighted by atomic mass is 9.90. The minimum absolute atomic E-state index is 0.0238. The number of aromatic nitrogens is 1. The SMILES string of the molecule is CCN1C(=O)C(C)(C)C(=O)N(C)c2cc(OCCCn3cc(-c4ccccc4)c(=O)c4ccccc43)ccc21. The molecular weight excluding hydrogens is 490 g/mol. The van der Waals surface area contributed by atoms with Gasteiger partial charge in [0.15, 0.2) is 5.43 Å². The molecule has 5 rings (SSSR count). The second-order valence-corrected chi connectivity index (χ2v) is 10.3. The summed E-state index contributed by atoms with van der Waals surface area (Å²) in [5.74, 6) is 0.171. The van der Waals surface area contributed by atoms with Gasteiger partial charge in [-0.15, -0.1) is 0 Å². The Bertz CT molecular complexity index is 1610. The average Bonchev–Trinajstić information content (AvgIpc) is 3.01. The van der Waals surface area contributed by atoms with Crippen LogP contribution in [0.2, 0.25) is 0 Å². The number of para-hydroxylation sites is 1. The molecule has 200 valence electrons. The van der Waals surface area contributed by atoms with Crippen molar-refractivity contribution in [1.82, 2.24) is 4.57 Å². The summed E-state index contributed by atoms with van der Waals surface area (Å²) >= 11 is 0. The molecule has 4 aromatic rings. The van der Waals surface area contributed by atoms with E-state index in [-0.39, 0.29) is 17.2 Å². The molecular formula is C32H33N3O4. The highest BCUT2D eigenvalue weighted by Gasteiger charge is 2.45. The predicted molar refractivity (Wildman–Crippen MR) is 155 cm³/mol. The predicted octanol–water partition coefficient (Wildman–Crippen LogP) is 5.49. The number of fused-ring (bicyclic) bond motifs is 2. The van der Waals surface area contributed by atoms with Crippen LogP contribution in [0, 0.1) is 5.41 Å². The largest absolute Gasteiger partial charge is 0.493 e. The molecule has 0 saturated carbocycles. The average molecular weight is 524 g/mol. The van der Waals surface area contributed by atoms with Gasteiger partial charge in [-0.05, 0) is 57.0 Å². The topological polar surface area (TPSA) is 71.9 Å². The monoisotopic (exact) mass is 523 g/mol. The zero-order valence-corrected chi connectivity index (χ0v) is 22.8. The molecule has 7 nitrogen and oxygen atoms in total. The molecule has 2 amide bonds. The highest BCUT2D eigenvalue weighted by atomic mass is 16.5. The maximum absolute atomic E-state index is 13.2. The van der Waals surface area contributed by atoms with Crippen LogP contribution in [0.3, 0.4) is 0 Å². The molecule has 3 aromatic carbocycles. The fraction of sp³-hybridized carbons (Fsp3) is 0.281. The Morgan fingerprint density at radius 2 is 1.56 bits per heavy atom. The molecule has 1 aliphatic rings. The molecule has 0 atom stereocenters.